The Morgan fingerprint density at radius 3 is 2.48 bits per heavy atom. The molecule has 1 atom stereocenters. The Bertz CT molecular complexity index is 879. The normalized spacial score (nSPS) is 16.7. The Kier molecular flexibility index (Phi) is 2.72. The third-order valence-corrected chi connectivity index (χ3v) is 3.70. The smallest absolute Gasteiger partial charge is 0.339 e. The standard InChI is InChI=1S/C14H13N3O4/c1-16-11(15)9(12(18)17(2)14(16)20)10-7-5-3-4-6-8(7)13(19)21-10/h3-6,10H,15H2,1-2H3. The second-order valence-corrected chi connectivity index (χ2v) is 4.88. The molecule has 1 unspecified atom stereocenters. The van der Waals surface area contributed by atoms with E-state index in [1.54, 1.807) is 24.3 Å². The minimum atomic E-state index is -0.890. The lowest BCUT2D eigenvalue weighted by Crippen LogP contribution is -2.41. The van der Waals surface area contributed by atoms with E-state index < -0.39 is 23.3 Å². The van der Waals surface area contributed by atoms with Gasteiger partial charge in [0.05, 0.1) is 5.56 Å². The molecule has 1 aliphatic rings. The Morgan fingerprint density at radius 2 is 1.76 bits per heavy atom. The second kappa shape index (κ2) is 4.34. The molecule has 0 amide bonds. The van der Waals surface area contributed by atoms with Crippen molar-refractivity contribution in [2.24, 2.45) is 14.1 Å². The highest BCUT2D eigenvalue weighted by atomic mass is 16.5. The van der Waals surface area contributed by atoms with Gasteiger partial charge in [-0.15, -0.1) is 0 Å². The number of fused-ring (bicyclic) bond motifs is 1. The maximum Gasteiger partial charge on any atom is 0.339 e. The third-order valence-electron chi connectivity index (χ3n) is 3.70. The minimum absolute atomic E-state index is 0.00222. The summed E-state index contributed by atoms with van der Waals surface area (Å²) in [6.07, 6.45) is -0.890. The van der Waals surface area contributed by atoms with Gasteiger partial charge in [-0.2, -0.15) is 0 Å². The number of carbonyl (C=O) groups is 1. The van der Waals surface area contributed by atoms with Crippen molar-refractivity contribution in [1.29, 1.82) is 0 Å². The predicted octanol–water partition coefficient (Wildman–Crippen LogP) is -0.0740. The van der Waals surface area contributed by atoms with E-state index in [9.17, 15) is 14.4 Å². The molecule has 2 heterocycles. The SMILES string of the molecule is Cn1c(N)c(C2OC(=O)c3ccccc32)c(=O)n(C)c1=O. The van der Waals surface area contributed by atoms with Crippen molar-refractivity contribution >= 4 is 11.8 Å². The van der Waals surface area contributed by atoms with Crippen LogP contribution in [0.15, 0.2) is 33.9 Å². The van der Waals surface area contributed by atoms with Gasteiger partial charge in [-0.3, -0.25) is 13.9 Å². The van der Waals surface area contributed by atoms with Gasteiger partial charge >= 0.3 is 11.7 Å². The summed E-state index contributed by atoms with van der Waals surface area (Å²) < 4.78 is 7.38. The number of cyclic esters (lactones) is 1. The molecule has 0 spiro atoms. The molecular weight excluding hydrogens is 274 g/mol. The molecule has 1 aliphatic heterocycles. The van der Waals surface area contributed by atoms with Crippen LogP contribution in [0, 0.1) is 0 Å². The van der Waals surface area contributed by atoms with Crippen molar-refractivity contribution in [2.75, 3.05) is 5.73 Å². The number of nitrogen functional groups attached to an aromatic ring is 1. The van der Waals surface area contributed by atoms with Crippen molar-refractivity contribution in [3.8, 4) is 0 Å². The number of benzene rings is 1. The van der Waals surface area contributed by atoms with Crippen molar-refractivity contribution in [3.63, 3.8) is 0 Å². The summed E-state index contributed by atoms with van der Waals surface area (Å²) in [6, 6.07) is 6.79. The molecule has 0 saturated heterocycles. The van der Waals surface area contributed by atoms with Crippen LogP contribution >= 0.6 is 0 Å². The van der Waals surface area contributed by atoms with Crippen molar-refractivity contribution in [1.82, 2.24) is 9.13 Å². The Labute approximate surface area is 119 Å². The van der Waals surface area contributed by atoms with E-state index in [0.717, 1.165) is 9.13 Å². The van der Waals surface area contributed by atoms with Gasteiger partial charge in [0, 0.05) is 19.7 Å². The molecule has 0 radical (unpaired) electrons. The van der Waals surface area contributed by atoms with Gasteiger partial charge in [0.2, 0.25) is 0 Å². The fourth-order valence-corrected chi connectivity index (χ4v) is 2.49. The average Bonchev–Trinajstić information content (AvgIpc) is 2.81. The quantitative estimate of drug-likeness (QED) is 0.740. The van der Waals surface area contributed by atoms with Gasteiger partial charge in [0.15, 0.2) is 6.10 Å². The molecule has 0 saturated carbocycles. The highest BCUT2D eigenvalue weighted by molar-refractivity contribution is 5.94. The first-order chi connectivity index (χ1) is 9.93. The molecular formula is C14H13N3O4. The number of rotatable bonds is 1. The van der Waals surface area contributed by atoms with Gasteiger partial charge in [-0.1, -0.05) is 18.2 Å². The topological polar surface area (TPSA) is 96.3 Å². The number of nitrogens with two attached hydrogens (primary N) is 1. The molecule has 0 aliphatic carbocycles. The summed E-state index contributed by atoms with van der Waals surface area (Å²) in [5.74, 6) is -0.511. The van der Waals surface area contributed by atoms with E-state index in [1.807, 2.05) is 0 Å². The number of ether oxygens (including phenoxy) is 1. The first-order valence-corrected chi connectivity index (χ1v) is 6.28. The van der Waals surface area contributed by atoms with E-state index in [-0.39, 0.29) is 11.4 Å². The lowest BCUT2D eigenvalue weighted by molar-refractivity contribution is 0.0453. The van der Waals surface area contributed by atoms with Crippen LogP contribution < -0.4 is 17.0 Å². The zero-order valence-corrected chi connectivity index (χ0v) is 11.5. The third kappa shape index (κ3) is 1.70. The lowest BCUT2D eigenvalue weighted by atomic mass is 10.0. The van der Waals surface area contributed by atoms with E-state index >= 15 is 0 Å². The van der Waals surface area contributed by atoms with Crippen LogP contribution in [0.1, 0.15) is 27.6 Å². The van der Waals surface area contributed by atoms with Gasteiger partial charge < -0.3 is 10.5 Å². The first-order valence-electron chi connectivity index (χ1n) is 6.28. The van der Waals surface area contributed by atoms with Crippen LogP contribution in [0.4, 0.5) is 5.82 Å². The van der Waals surface area contributed by atoms with Crippen LogP contribution in [0.25, 0.3) is 0 Å². The van der Waals surface area contributed by atoms with Crippen LogP contribution in [-0.4, -0.2) is 15.1 Å². The van der Waals surface area contributed by atoms with Crippen molar-refractivity contribution in [3.05, 3.63) is 61.8 Å². The molecule has 108 valence electrons. The Hall–Kier alpha value is -2.83. The summed E-state index contributed by atoms with van der Waals surface area (Å²) >= 11 is 0. The number of hydrogen-bond acceptors (Lipinski definition) is 5. The van der Waals surface area contributed by atoms with Gasteiger partial charge in [0.1, 0.15) is 11.4 Å². The summed E-state index contributed by atoms with van der Waals surface area (Å²) in [5.41, 5.74) is 5.87. The number of hydrogen-bond donors (Lipinski definition) is 1. The molecule has 7 nitrogen and oxygen atoms in total. The molecule has 2 N–H and O–H groups in total. The lowest BCUT2D eigenvalue weighted by Gasteiger charge is -2.16. The highest BCUT2D eigenvalue weighted by Crippen LogP contribution is 2.35. The average molecular weight is 287 g/mol. The summed E-state index contributed by atoms with van der Waals surface area (Å²) in [7, 11) is 2.82. The fraction of sp³-hybridized carbons (Fsp3) is 0.214. The predicted molar refractivity (Wildman–Crippen MR) is 75.0 cm³/mol. The van der Waals surface area contributed by atoms with Gasteiger partial charge in [-0.05, 0) is 6.07 Å². The van der Waals surface area contributed by atoms with Crippen LogP contribution in [0.3, 0.4) is 0 Å². The minimum Gasteiger partial charge on any atom is -0.449 e. The molecule has 0 bridgehead atoms. The number of nitrogens with zero attached hydrogens (tertiary/aromatic N) is 2. The summed E-state index contributed by atoms with van der Waals surface area (Å²) in [4.78, 5) is 36.0. The number of esters is 1. The highest BCUT2D eigenvalue weighted by Gasteiger charge is 2.36. The largest absolute Gasteiger partial charge is 0.449 e. The van der Waals surface area contributed by atoms with Crippen LogP contribution in [-0.2, 0) is 18.8 Å². The maximum absolute atomic E-state index is 12.3. The van der Waals surface area contributed by atoms with E-state index in [2.05, 4.69) is 0 Å². The zero-order chi connectivity index (χ0) is 15.3. The van der Waals surface area contributed by atoms with Crippen LogP contribution in [0.2, 0.25) is 0 Å². The zero-order valence-electron chi connectivity index (χ0n) is 11.5. The molecule has 0 fully saturated rings. The van der Waals surface area contributed by atoms with E-state index in [4.69, 9.17) is 10.5 Å². The van der Waals surface area contributed by atoms with E-state index in [0.29, 0.717) is 11.1 Å². The summed E-state index contributed by atoms with van der Waals surface area (Å²) in [6.45, 7) is 0. The van der Waals surface area contributed by atoms with E-state index in [1.165, 1.54) is 14.1 Å². The number of anilines is 1. The van der Waals surface area contributed by atoms with Gasteiger partial charge in [-0.25, -0.2) is 9.59 Å². The number of aromatic nitrogens is 2. The Morgan fingerprint density at radius 1 is 1.10 bits per heavy atom. The second-order valence-electron chi connectivity index (χ2n) is 4.88. The molecule has 3 rings (SSSR count). The maximum atomic E-state index is 12.3. The molecule has 21 heavy (non-hydrogen) atoms. The Balaban J connectivity index is 2.32. The van der Waals surface area contributed by atoms with Crippen molar-refractivity contribution < 1.29 is 9.53 Å². The van der Waals surface area contributed by atoms with Gasteiger partial charge in [0.25, 0.3) is 5.56 Å². The monoisotopic (exact) mass is 287 g/mol. The van der Waals surface area contributed by atoms with Crippen molar-refractivity contribution in [2.45, 2.75) is 6.10 Å². The summed E-state index contributed by atoms with van der Waals surface area (Å²) in [5, 5.41) is 0. The number of carbonyl (C=O) groups excluding carboxylic acids is 1. The fourth-order valence-electron chi connectivity index (χ4n) is 2.49. The first kappa shape index (κ1) is 13.2. The molecule has 7 heteroatoms. The molecule has 1 aromatic heterocycles. The molecule has 1 aromatic carbocycles. The van der Waals surface area contributed by atoms with Crippen LogP contribution in [0.5, 0.6) is 0 Å². The molecule has 2 aromatic rings.